The quantitative estimate of drug-likeness (QED) is 0.347. The Morgan fingerprint density at radius 2 is 0.680 bits per heavy atom. The molecule has 0 aromatic heterocycles. The monoisotopic (exact) mass is 438 g/mol. The SMILES string of the molecule is FC(F)(F)C(F)(F)C(F)(F)C(F)(F)C(F)(F)C(F)(F)C(F)(F)C[S-].[Na+]. The van der Waals surface area contributed by atoms with Gasteiger partial charge in [0.1, 0.15) is 0 Å². The first-order valence-electron chi connectivity index (χ1n) is 4.98. The smallest absolute Gasteiger partial charge is 0.787 e. The number of rotatable bonds is 6. The molecule has 0 aromatic carbocycles. The van der Waals surface area contributed by atoms with E-state index in [2.05, 4.69) is 12.6 Å². The van der Waals surface area contributed by atoms with Gasteiger partial charge in [0.25, 0.3) is 5.92 Å². The molecule has 0 nitrogen and oxygen atoms in total. The summed E-state index contributed by atoms with van der Waals surface area (Å²) in [4.78, 5) is 0. The van der Waals surface area contributed by atoms with Crippen LogP contribution in [0.1, 0.15) is 0 Å². The van der Waals surface area contributed by atoms with Crippen LogP contribution in [0.5, 0.6) is 0 Å². The summed E-state index contributed by atoms with van der Waals surface area (Å²) < 4.78 is 187. The molecular weight excluding hydrogens is 436 g/mol. The number of hydrogen-bond donors (Lipinski definition) is 0. The van der Waals surface area contributed by atoms with E-state index in [0.717, 1.165) is 0 Å². The van der Waals surface area contributed by atoms with E-state index in [0.29, 0.717) is 0 Å². The van der Waals surface area contributed by atoms with Crippen LogP contribution in [0.25, 0.3) is 0 Å². The van der Waals surface area contributed by atoms with Crippen LogP contribution in [0.4, 0.5) is 65.9 Å². The number of alkyl halides is 15. The van der Waals surface area contributed by atoms with E-state index in [1.165, 1.54) is 0 Å². The standard InChI is InChI=1S/C8H3F15S.Na/c9-2(10,1-24)3(11,12)4(13,14)5(15,16)6(17,18)7(19,20)8(21,22)23;/h24H,1H2;/q;+1/p-1. The molecule has 0 amide bonds. The third-order valence-corrected chi connectivity index (χ3v) is 2.94. The van der Waals surface area contributed by atoms with E-state index in [4.69, 9.17) is 0 Å². The molecule has 0 N–H and O–H groups in total. The first-order valence-corrected chi connectivity index (χ1v) is 5.55. The molecule has 0 atom stereocenters. The summed E-state index contributed by atoms with van der Waals surface area (Å²) in [6, 6.07) is 0. The molecule has 0 spiro atoms. The zero-order valence-corrected chi connectivity index (χ0v) is 14.1. The molecule has 0 fully saturated rings. The van der Waals surface area contributed by atoms with Gasteiger partial charge in [-0.05, 0) is 0 Å². The fourth-order valence-electron chi connectivity index (χ4n) is 1.09. The van der Waals surface area contributed by atoms with Gasteiger partial charge in [0, 0.05) is 0 Å². The Balaban J connectivity index is 0. The van der Waals surface area contributed by atoms with Gasteiger partial charge < -0.3 is 12.6 Å². The third-order valence-electron chi connectivity index (χ3n) is 2.57. The van der Waals surface area contributed by atoms with Crippen LogP contribution in [-0.2, 0) is 12.6 Å². The molecular formula is C8H2F15NaS. The van der Waals surface area contributed by atoms with Gasteiger partial charge >= 0.3 is 65.3 Å². The van der Waals surface area contributed by atoms with Gasteiger partial charge in [-0.2, -0.15) is 57.1 Å². The predicted octanol–water partition coefficient (Wildman–Crippen LogP) is 1.91. The number of halogens is 15. The molecule has 0 aromatic rings. The van der Waals surface area contributed by atoms with Crippen LogP contribution in [0.2, 0.25) is 0 Å². The van der Waals surface area contributed by atoms with Crippen LogP contribution in [-0.4, -0.2) is 47.5 Å². The van der Waals surface area contributed by atoms with E-state index in [1.807, 2.05) is 0 Å². The van der Waals surface area contributed by atoms with Gasteiger partial charge in [0.2, 0.25) is 0 Å². The molecule has 0 aliphatic rings. The molecule has 0 aliphatic carbocycles. The van der Waals surface area contributed by atoms with Crippen molar-refractivity contribution in [2.24, 2.45) is 0 Å². The maximum Gasteiger partial charge on any atom is 1.00 e. The maximum absolute atomic E-state index is 12.9. The van der Waals surface area contributed by atoms with Crippen LogP contribution in [0, 0.1) is 0 Å². The third kappa shape index (κ3) is 3.68. The minimum atomic E-state index is -8.24. The van der Waals surface area contributed by atoms with E-state index >= 15 is 0 Å². The summed E-state index contributed by atoms with van der Waals surface area (Å²) in [5.74, 6) is -49.0. The Morgan fingerprint density at radius 1 is 0.440 bits per heavy atom. The summed E-state index contributed by atoms with van der Waals surface area (Å²) in [6.07, 6.45) is -7.59. The second-order valence-corrected chi connectivity index (χ2v) is 4.51. The molecule has 0 radical (unpaired) electrons. The minimum Gasteiger partial charge on any atom is -0.787 e. The van der Waals surface area contributed by atoms with Crippen LogP contribution in [0.3, 0.4) is 0 Å². The average Bonchev–Trinajstić information content (AvgIpc) is 2.36. The first kappa shape index (κ1) is 27.5. The van der Waals surface area contributed by atoms with Crippen LogP contribution >= 0.6 is 0 Å². The Hall–Kier alpha value is 0.300. The van der Waals surface area contributed by atoms with Gasteiger partial charge in [-0.15, -0.1) is 5.75 Å². The molecule has 0 rings (SSSR count). The summed E-state index contributed by atoms with van der Waals surface area (Å²) in [6.45, 7) is 0. The topological polar surface area (TPSA) is 0 Å². The van der Waals surface area contributed by atoms with E-state index in [9.17, 15) is 65.9 Å². The van der Waals surface area contributed by atoms with Crippen molar-refractivity contribution < 1.29 is 95.4 Å². The van der Waals surface area contributed by atoms with Crippen LogP contribution < -0.4 is 29.6 Å². The molecule has 0 saturated carbocycles. The zero-order chi connectivity index (χ0) is 20.2. The van der Waals surface area contributed by atoms with Gasteiger partial charge in [-0.1, -0.05) is 0 Å². The van der Waals surface area contributed by atoms with E-state index in [1.54, 1.807) is 0 Å². The summed E-state index contributed by atoms with van der Waals surface area (Å²) >= 11 is 3.23. The molecule has 146 valence electrons. The fourth-order valence-corrected chi connectivity index (χ4v) is 1.27. The Labute approximate surface area is 155 Å². The van der Waals surface area contributed by atoms with Crippen molar-refractivity contribution >= 4 is 12.6 Å². The largest absolute Gasteiger partial charge is 1.00 e. The molecule has 0 aliphatic heterocycles. The average molecular weight is 438 g/mol. The number of hydrogen-bond acceptors (Lipinski definition) is 1. The van der Waals surface area contributed by atoms with Crippen molar-refractivity contribution in [2.75, 3.05) is 5.75 Å². The minimum absolute atomic E-state index is 0. The van der Waals surface area contributed by atoms with Crippen molar-refractivity contribution in [3.63, 3.8) is 0 Å². The summed E-state index contributed by atoms with van der Waals surface area (Å²) in [5, 5.41) is 0. The van der Waals surface area contributed by atoms with Gasteiger partial charge in [0.15, 0.2) is 0 Å². The van der Waals surface area contributed by atoms with Gasteiger partial charge in [-0.3, -0.25) is 0 Å². The Kier molecular flexibility index (Phi) is 7.75. The Bertz CT molecular complexity index is 467. The first-order chi connectivity index (χ1) is 10.1. The van der Waals surface area contributed by atoms with Crippen molar-refractivity contribution in [1.29, 1.82) is 0 Å². The van der Waals surface area contributed by atoms with E-state index in [-0.39, 0.29) is 29.6 Å². The molecule has 17 heteroatoms. The summed E-state index contributed by atoms with van der Waals surface area (Å²) in [7, 11) is 0. The summed E-state index contributed by atoms with van der Waals surface area (Å²) in [5.41, 5.74) is 0. The predicted molar refractivity (Wildman–Crippen MR) is 48.0 cm³/mol. The second kappa shape index (κ2) is 7.04. The van der Waals surface area contributed by atoms with Crippen molar-refractivity contribution in [3.05, 3.63) is 0 Å². The zero-order valence-electron chi connectivity index (χ0n) is 11.3. The molecule has 0 heterocycles. The molecule has 0 bridgehead atoms. The van der Waals surface area contributed by atoms with Crippen LogP contribution in [0.15, 0.2) is 0 Å². The fraction of sp³-hybridized carbons (Fsp3) is 1.00. The Morgan fingerprint density at radius 3 is 0.920 bits per heavy atom. The molecule has 0 saturated heterocycles. The van der Waals surface area contributed by atoms with Gasteiger partial charge in [-0.25, -0.2) is 8.78 Å². The normalized spacial score (nSPS) is 15.8. The molecule has 25 heavy (non-hydrogen) atoms. The van der Waals surface area contributed by atoms with E-state index < -0.39 is 47.5 Å². The van der Waals surface area contributed by atoms with Crippen molar-refractivity contribution in [1.82, 2.24) is 0 Å². The van der Waals surface area contributed by atoms with Crippen molar-refractivity contribution in [2.45, 2.75) is 41.7 Å². The maximum atomic E-state index is 12.9. The van der Waals surface area contributed by atoms with Crippen molar-refractivity contribution in [3.8, 4) is 0 Å². The van der Waals surface area contributed by atoms with Gasteiger partial charge in [0.05, 0.1) is 0 Å². The second-order valence-electron chi connectivity index (χ2n) is 4.22. The molecule has 0 unspecified atom stereocenters.